The van der Waals surface area contributed by atoms with Crippen molar-refractivity contribution in [1.82, 2.24) is 15.2 Å². The first-order valence-electron chi connectivity index (χ1n) is 10.3. The average molecular weight is 367 g/mol. The maximum absolute atomic E-state index is 12.6. The maximum Gasteiger partial charge on any atom is 0.240 e. The van der Waals surface area contributed by atoms with Gasteiger partial charge in [0.2, 0.25) is 11.8 Å². The van der Waals surface area contributed by atoms with E-state index in [1.807, 2.05) is 35.0 Å². The molecule has 27 heavy (non-hydrogen) atoms. The first kappa shape index (κ1) is 18.1. The van der Waals surface area contributed by atoms with E-state index in [2.05, 4.69) is 23.6 Å². The summed E-state index contributed by atoms with van der Waals surface area (Å²) in [5.74, 6) is 1.31. The SMILES string of the molecule is CCCC1CC(=O)NC2CC(NC(=O)Cn3ccc4ccccc43)CCC12. The minimum Gasteiger partial charge on any atom is -0.353 e. The quantitative estimate of drug-likeness (QED) is 0.852. The molecular weight excluding hydrogens is 338 g/mol. The van der Waals surface area contributed by atoms with E-state index in [1.54, 1.807) is 0 Å². The summed E-state index contributed by atoms with van der Waals surface area (Å²) in [6.45, 7) is 2.53. The smallest absolute Gasteiger partial charge is 0.240 e. The van der Waals surface area contributed by atoms with Gasteiger partial charge in [0.1, 0.15) is 6.54 Å². The lowest BCUT2D eigenvalue weighted by atomic mass is 9.70. The van der Waals surface area contributed by atoms with Crippen LogP contribution in [0.5, 0.6) is 0 Å². The summed E-state index contributed by atoms with van der Waals surface area (Å²) < 4.78 is 2.00. The molecule has 4 unspecified atom stereocenters. The lowest BCUT2D eigenvalue weighted by Gasteiger charge is -2.44. The minimum atomic E-state index is 0.0482. The molecule has 1 aliphatic heterocycles. The van der Waals surface area contributed by atoms with E-state index in [0.717, 1.165) is 43.0 Å². The van der Waals surface area contributed by atoms with Gasteiger partial charge in [0, 0.05) is 30.2 Å². The van der Waals surface area contributed by atoms with Gasteiger partial charge in [-0.25, -0.2) is 0 Å². The molecule has 5 heteroatoms. The number of carbonyl (C=O) groups is 2. The van der Waals surface area contributed by atoms with Crippen LogP contribution in [0.1, 0.15) is 45.4 Å². The molecule has 2 aliphatic rings. The molecule has 4 atom stereocenters. The lowest BCUT2D eigenvalue weighted by molar-refractivity contribution is -0.127. The Balaban J connectivity index is 1.36. The number of rotatable bonds is 5. The van der Waals surface area contributed by atoms with Gasteiger partial charge in [0.25, 0.3) is 0 Å². The molecule has 0 bridgehead atoms. The standard InChI is InChI=1S/C22H29N3O2/c1-2-5-16-12-21(26)24-19-13-17(8-9-18(16)19)23-22(27)14-25-11-10-15-6-3-4-7-20(15)25/h3-4,6-7,10-11,16-19H,2,5,8-9,12-14H2,1H3,(H,23,27)(H,24,26). The van der Waals surface area contributed by atoms with Crippen LogP contribution in [0.25, 0.3) is 10.9 Å². The largest absolute Gasteiger partial charge is 0.353 e. The third kappa shape index (κ3) is 3.87. The number of carbonyl (C=O) groups excluding carboxylic acids is 2. The predicted octanol–water partition coefficient (Wildman–Crippen LogP) is 3.23. The minimum absolute atomic E-state index is 0.0482. The van der Waals surface area contributed by atoms with Gasteiger partial charge in [0.05, 0.1) is 0 Å². The zero-order valence-electron chi connectivity index (χ0n) is 16.0. The summed E-state index contributed by atoms with van der Waals surface area (Å²) in [5.41, 5.74) is 1.08. The van der Waals surface area contributed by atoms with Crippen LogP contribution in [0.3, 0.4) is 0 Å². The van der Waals surface area contributed by atoms with Crippen molar-refractivity contribution in [2.45, 2.75) is 64.1 Å². The lowest BCUT2D eigenvalue weighted by Crippen LogP contribution is -2.55. The Bertz CT molecular complexity index is 828. The molecule has 4 rings (SSSR count). The topological polar surface area (TPSA) is 63.1 Å². The fourth-order valence-electron chi connectivity index (χ4n) is 5.10. The third-order valence-electron chi connectivity index (χ3n) is 6.32. The van der Waals surface area contributed by atoms with E-state index in [0.29, 0.717) is 24.8 Å². The van der Waals surface area contributed by atoms with Crippen LogP contribution < -0.4 is 10.6 Å². The first-order chi connectivity index (χ1) is 13.1. The molecule has 0 radical (unpaired) electrons. The van der Waals surface area contributed by atoms with Gasteiger partial charge in [-0.2, -0.15) is 0 Å². The third-order valence-corrected chi connectivity index (χ3v) is 6.32. The number of nitrogens with zero attached hydrogens (tertiary/aromatic N) is 1. The summed E-state index contributed by atoms with van der Waals surface area (Å²) in [7, 11) is 0. The van der Waals surface area contributed by atoms with Crippen molar-refractivity contribution in [2.24, 2.45) is 11.8 Å². The monoisotopic (exact) mass is 367 g/mol. The van der Waals surface area contributed by atoms with E-state index < -0.39 is 0 Å². The fourth-order valence-corrected chi connectivity index (χ4v) is 5.10. The highest BCUT2D eigenvalue weighted by atomic mass is 16.2. The van der Waals surface area contributed by atoms with Crippen molar-refractivity contribution in [3.05, 3.63) is 36.5 Å². The van der Waals surface area contributed by atoms with Crippen LogP contribution in [0.2, 0.25) is 0 Å². The highest BCUT2D eigenvalue weighted by Crippen LogP contribution is 2.37. The summed E-state index contributed by atoms with van der Waals surface area (Å²) >= 11 is 0. The summed E-state index contributed by atoms with van der Waals surface area (Å²) in [6, 6.07) is 10.5. The molecule has 1 saturated carbocycles. The van der Waals surface area contributed by atoms with E-state index >= 15 is 0 Å². The van der Waals surface area contributed by atoms with E-state index in [-0.39, 0.29) is 23.9 Å². The number of fused-ring (bicyclic) bond motifs is 2. The highest BCUT2D eigenvalue weighted by molar-refractivity contribution is 5.83. The number of amides is 2. The van der Waals surface area contributed by atoms with Crippen molar-refractivity contribution >= 4 is 22.7 Å². The molecule has 0 spiro atoms. The van der Waals surface area contributed by atoms with E-state index in [4.69, 9.17) is 0 Å². The van der Waals surface area contributed by atoms with Crippen LogP contribution in [0.15, 0.2) is 36.5 Å². The predicted molar refractivity (Wildman–Crippen MR) is 106 cm³/mol. The molecule has 1 aromatic heterocycles. The zero-order valence-corrected chi connectivity index (χ0v) is 16.0. The van der Waals surface area contributed by atoms with Gasteiger partial charge in [-0.1, -0.05) is 31.5 Å². The zero-order chi connectivity index (χ0) is 18.8. The number of aromatic nitrogens is 1. The van der Waals surface area contributed by atoms with E-state index in [9.17, 15) is 9.59 Å². The van der Waals surface area contributed by atoms with Crippen molar-refractivity contribution in [3.63, 3.8) is 0 Å². The van der Waals surface area contributed by atoms with Gasteiger partial charge in [-0.15, -0.1) is 0 Å². The number of nitrogens with one attached hydrogen (secondary N) is 2. The Morgan fingerprint density at radius 3 is 2.96 bits per heavy atom. The molecule has 1 aliphatic carbocycles. The Labute approximate surface area is 160 Å². The number of benzene rings is 1. The molecule has 5 nitrogen and oxygen atoms in total. The molecule has 144 valence electrons. The molecule has 2 heterocycles. The van der Waals surface area contributed by atoms with Gasteiger partial charge in [0.15, 0.2) is 0 Å². The Hall–Kier alpha value is -2.30. The highest BCUT2D eigenvalue weighted by Gasteiger charge is 2.40. The number of hydrogen-bond acceptors (Lipinski definition) is 2. The summed E-state index contributed by atoms with van der Waals surface area (Å²) in [5, 5.41) is 7.54. The second-order valence-corrected chi connectivity index (χ2v) is 8.17. The van der Waals surface area contributed by atoms with Crippen LogP contribution in [-0.4, -0.2) is 28.5 Å². The number of piperidine rings is 1. The Morgan fingerprint density at radius 2 is 2.11 bits per heavy atom. The van der Waals surface area contributed by atoms with Gasteiger partial charge < -0.3 is 15.2 Å². The van der Waals surface area contributed by atoms with E-state index in [1.165, 1.54) is 0 Å². The second kappa shape index (κ2) is 7.75. The van der Waals surface area contributed by atoms with Crippen molar-refractivity contribution in [2.75, 3.05) is 0 Å². The first-order valence-corrected chi connectivity index (χ1v) is 10.3. The van der Waals surface area contributed by atoms with Gasteiger partial charge in [-0.05, 0) is 55.0 Å². The van der Waals surface area contributed by atoms with Gasteiger partial charge in [-0.3, -0.25) is 9.59 Å². The average Bonchev–Trinajstić information content (AvgIpc) is 3.04. The van der Waals surface area contributed by atoms with Crippen LogP contribution in [0.4, 0.5) is 0 Å². The number of para-hydroxylation sites is 1. The van der Waals surface area contributed by atoms with Crippen molar-refractivity contribution in [1.29, 1.82) is 0 Å². The molecule has 2 N–H and O–H groups in total. The fraction of sp³-hybridized carbons (Fsp3) is 0.545. The van der Waals surface area contributed by atoms with Crippen LogP contribution in [-0.2, 0) is 16.1 Å². The van der Waals surface area contributed by atoms with Crippen LogP contribution >= 0.6 is 0 Å². The van der Waals surface area contributed by atoms with Crippen molar-refractivity contribution in [3.8, 4) is 0 Å². The molecule has 2 fully saturated rings. The molecule has 2 amide bonds. The Kier molecular flexibility index (Phi) is 5.19. The molecule has 1 aromatic carbocycles. The molecule has 2 aromatic rings. The normalized spacial score (nSPS) is 27.8. The van der Waals surface area contributed by atoms with Crippen LogP contribution in [0, 0.1) is 11.8 Å². The summed E-state index contributed by atoms with van der Waals surface area (Å²) in [4.78, 5) is 24.7. The second-order valence-electron chi connectivity index (χ2n) is 8.17. The maximum atomic E-state index is 12.6. The van der Waals surface area contributed by atoms with Gasteiger partial charge >= 0.3 is 0 Å². The van der Waals surface area contributed by atoms with Crippen molar-refractivity contribution < 1.29 is 9.59 Å². The molecular formula is C22H29N3O2. The summed E-state index contributed by atoms with van der Waals surface area (Å²) in [6.07, 6.45) is 7.86. The number of hydrogen-bond donors (Lipinski definition) is 2. The molecule has 1 saturated heterocycles. The Morgan fingerprint density at radius 1 is 1.26 bits per heavy atom.